The fourth-order valence-corrected chi connectivity index (χ4v) is 2.27. The highest BCUT2D eigenvalue weighted by atomic mass is 14.9. The molecule has 0 amide bonds. The zero-order valence-corrected chi connectivity index (χ0v) is 8.38. The molecule has 0 aromatic heterocycles. The zero-order chi connectivity index (χ0) is 9.26. The third-order valence-electron chi connectivity index (χ3n) is 3.16. The van der Waals surface area contributed by atoms with Crippen molar-refractivity contribution in [2.24, 2.45) is 5.92 Å². The van der Waals surface area contributed by atoms with Crippen LogP contribution in [0, 0.1) is 5.92 Å². The minimum Gasteiger partial charge on any atom is -0.316 e. The Morgan fingerprint density at radius 3 is 2.38 bits per heavy atom. The fourth-order valence-electron chi connectivity index (χ4n) is 2.27. The van der Waals surface area contributed by atoms with Crippen molar-refractivity contribution < 1.29 is 0 Å². The summed E-state index contributed by atoms with van der Waals surface area (Å²) in [6, 6.07) is 9.46. The molecule has 2 atom stereocenters. The Kier molecular flexibility index (Phi) is 2.36. The van der Waals surface area contributed by atoms with E-state index in [0.29, 0.717) is 6.04 Å². The second-order valence-electron chi connectivity index (χ2n) is 4.05. The first-order chi connectivity index (χ1) is 6.31. The third-order valence-corrected chi connectivity index (χ3v) is 3.16. The molecule has 1 N–H and O–H groups in total. The van der Waals surface area contributed by atoms with Gasteiger partial charge in [-0.3, -0.25) is 0 Å². The molecule has 0 spiro atoms. The van der Waals surface area contributed by atoms with E-state index >= 15 is 0 Å². The third kappa shape index (κ3) is 1.61. The van der Waals surface area contributed by atoms with E-state index in [1.807, 2.05) is 0 Å². The normalized spacial score (nSPS) is 26.9. The molecule has 1 aromatic carbocycles. The van der Waals surface area contributed by atoms with Gasteiger partial charge in [0, 0.05) is 6.04 Å². The molecule has 0 saturated heterocycles. The van der Waals surface area contributed by atoms with Crippen LogP contribution in [0.15, 0.2) is 24.3 Å². The summed E-state index contributed by atoms with van der Waals surface area (Å²) >= 11 is 0. The number of hydrogen-bond donors (Lipinski definition) is 1. The van der Waals surface area contributed by atoms with Gasteiger partial charge in [-0.2, -0.15) is 0 Å². The average Bonchev–Trinajstić information content (AvgIpc) is 2.17. The molecule has 1 aliphatic carbocycles. The lowest BCUT2D eigenvalue weighted by atomic mass is 9.81. The number of benzene rings is 1. The van der Waals surface area contributed by atoms with Gasteiger partial charge in [0.1, 0.15) is 0 Å². The highest BCUT2D eigenvalue weighted by molar-refractivity contribution is 5.31. The Bertz CT molecular complexity index is 293. The van der Waals surface area contributed by atoms with Crippen molar-refractivity contribution in [1.82, 2.24) is 5.32 Å². The van der Waals surface area contributed by atoms with E-state index in [1.165, 1.54) is 18.4 Å². The second-order valence-corrected chi connectivity index (χ2v) is 4.05. The van der Waals surface area contributed by atoms with Gasteiger partial charge in [-0.25, -0.2) is 0 Å². The summed E-state index contributed by atoms with van der Waals surface area (Å²) < 4.78 is 0. The first-order valence-electron chi connectivity index (χ1n) is 5.05. The van der Waals surface area contributed by atoms with Crippen LogP contribution in [0.1, 0.15) is 18.1 Å². The minimum atomic E-state index is 0.662. The predicted molar refractivity (Wildman–Crippen MR) is 55.9 cm³/mol. The summed E-state index contributed by atoms with van der Waals surface area (Å²) in [6.07, 6.45) is 2.41. The van der Waals surface area contributed by atoms with Crippen LogP contribution >= 0.6 is 0 Å². The highest BCUT2D eigenvalue weighted by Crippen LogP contribution is 2.24. The summed E-state index contributed by atoms with van der Waals surface area (Å²) in [6.45, 7) is 2.33. The smallest absolute Gasteiger partial charge is 0.0133 e. The van der Waals surface area contributed by atoms with Crippen LogP contribution < -0.4 is 5.32 Å². The maximum Gasteiger partial charge on any atom is 0.0133 e. The monoisotopic (exact) mass is 175 g/mol. The Morgan fingerprint density at radius 2 is 1.77 bits per heavy atom. The predicted octanol–water partition coefficient (Wildman–Crippen LogP) is 2.01. The molecule has 0 heterocycles. The van der Waals surface area contributed by atoms with Gasteiger partial charge in [0.2, 0.25) is 0 Å². The highest BCUT2D eigenvalue weighted by Gasteiger charge is 2.22. The molecule has 1 nitrogen and oxygen atoms in total. The lowest BCUT2D eigenvalue weighted by molar-refractivity contribution is 0.374. The van der Waals surface area contributed by atoms with E-state index in [-0.39, 0.29) is 0 Å². The van der Waals surface area contributed by atoms with Gasteiger partial charge in [0.15, 0.2) is 0 Å². The van der Waals surface area contributed by atoms with E-state index in [1.54, 1.807) is 5.56 Å². The molecular formula is C12H17N. The number of fused-ring (bicyclic) bond motifs is 1. The van der Waals surface area contributed by atoms with Crippen molar-refractivity contribution in [3.63, 3.8) is 0 Å². The summed E-state index contributed by atoms with van der Waals surface area (Å²) in [7, 11) is 2.06. The molecule has 2 unspecified atom stereocenters. The van der Waals surface area contributed by atoms with Gasteiger partial charge in [0.25, 0.3) is 0 Å². The zero-order valence-electron chi connectivity index (χ0n) is 8.38. The maximum absolute atomic E-state index is 3.39. The Hall–Kier alpha value is -0.820. The van der Waals surface area contributed by atoms with Crippen LogP contribution in [-0.2, 0) is 12.8 Å². The molecule has 1 heteroatoms. The van der Waals surface area contributed by atoms with E-state index in [2.05, 4.69) is 43.6 Å². The first-order valence-corrected chi connectivity index (χ1v) is 5.05. The van der Waals surface area contributed by atoms with Crippen molar-refractivity contribution in [3.8, 4) is 0 Å². The van der Waals surface area contributed by atoms with Crippen molar-refractivity contribution in [1.29, 1.82) is 0 Å². The minimum absolute atomic E-state index is 0.662. The molecule has 1 aliphatic rings. The second kappa shape index (κ2) is 3.51. The molecule has 13 heavy (non-hydrogen) atoms. The molecule has 2 rings (SSSR count). The van der Waals surface area contributed by atoms with Gasteiger partial charge in [-0.05, 0) is 36.9 Å². The number of rotatable bonds is 1. The summed E-state index contributed by atoms with van der Waals surface area (Å²) in [5.41, 5.74) is 3.07. The standard InChI is InChI=1S/C12H17N/c1-9-7-10-5-3-4-6-11(10)8-12(9)13-2/h3-6,9,12-13H,7-8H2,1-2H3. The van der Waals surface area contributed by atoms with Gasteiger partial charge in [0.05, 0.1) is 0 Å². The van der Waals surface area contributed by atoms with Crippen LogP contribution in [0.3, 0.4) is 0 Å². The lowest BCUT2D eigenvalue weighted by Crippen LogP contribution is -2.38. The SMILES string of the molecule is CNC1Cc2ccccc2CC1C. The van der Waals surface area contributed by atoms with Gasteiger partial charge >= 0.3 is 0 Å². The lowest BCUT2D eigenvalue weighted by Gasteiger charge is -2.30. The van der Waals surface area contributed by atoms with Gasteiger partial charge in [-0.15, -0.1) is 0 Å². The number of likely N-dealkylation sites (N-methyl/N-ethyl adjacent to an activating group) is 1. The van der Waals surface area contributed by atoms with E-state index in [0.717, 1.165) is 5.92 Å². The van der Waals surface area contributed by atoms with Gasteiger partial charge in [-0.1, -0.05) is 31.2 Å². The quantitative estimate of drug-likeness (QED) is 0.688. The van der Waals surface area contributed by atoms with E-state index in [9.17, 15) is 0 Å². The van der Waals surface area contributed by atoms with Crippen molar-refractivity contribution in [2.45, 2.75) is 25.8 Å². The molecule has 0 aliphatic heterocycles. The molecule has 1 aromatic rings. The van der Waals surface area contributed by atoms with Crippen LogP contribution in [0.2, 0.25) is 0 Å². The Labute approximate surface area is 80.2 Å². The molecule has 0 radical (unpaired) electrons. The van der Waals surface area contributed by atoms with Crippen LogP contribution in [0.5, 0.6) is 0 Å². The largest absolute Gasteiger partial charge is 0.316 e. The Morgan fingerprint density at radius 1 is 1.15 bits per heavy atom. The molecule has 70 valence electrons. The maximum atomic E-state index is 3.39. The van der Waals surface area contributed by atoms with E-state index in [4.69, 9.17) is 0 Å². The first kappa shape index (κ1) is 8.76. The summed E-state index contributed by atoms with van der Waals surface area (Å²) in [5.74, 6) is 0.764. The van der Waals surface area contributed by atoms with Crippen LogP contribution in [-0.4, -0.2) is 13.1 Å². The fraction of sp³-hybridized carbons (Fsp3) is 0.500. The average molecular weight is 175 g/mol. The van der Waals surface area contributed by atoms with Crippen molar-refractivity contribution in [2.75, 3.05) is 7.05 Å². The number of nitrogens with one attached hydrogen (secondary N) is 1. The molecule has 0 bridgehead atoms. The summed E-state index contributed by atoms with van der Waals surface area (Å²) in [5, 5.41) is 3.39. The molecular weight excluding hydrogens is 158 g/mol. The molecule has 0 saturated carbocycles. The number of hydrogen-bond acceptors (Lipinski definition) is 1. The van der Waals surface area contributed by atoms with Crippen LogP contribution in [0.25, 0.3) is 0 Å². The van der Waals surface area contributed by atoms with Gasteiger partial charge < -0.3 is 5.32 Å². The van der Waals surface area contributed by atoms with E-state index < -0.39 is 0 Å². The van der Waals surface area contributed by atoms with Crippen molar-refractivity contribution >= 4 is 0 Å². The van der Waals surface area contributed by atoms with Crippen molar-refractivity contribution in [3.05, 3.63) is 35.4 Å². The molecule has 0 fully saturated rings. The summed E-state index contributed by atoms with van der Waals surface area (Å²) in [4.78, 5) is 0. The Balaban J connectivity index is 2.27. The topological polar surface area (TPSA) is 12.0 Å². The van der Waals surface area contributed by atoms with Crippen LogP contribution in [0.4, 0.5) is 0 Å².